The fraction of sp³-hybridized carbons (Fsp3) is 0.844. The molecule has 0 aliphatic rings. The van der Waals surface area contributed by atoms with Crippen LogP contribution in [0.3, 0.4) is 0 Å². The molecule has 0 rings (SSSR count). The maximum atomic E-state index is 12.6. The van der Waals surface area contributed by atoms with Gasteiger partial charge in [0.25, 0.3) is 0 Å². The minimum atomic E-state index is -0.859. The number of esters is 2. The standard InChI is InChI=1S/C45H83NO8/c1-4-6-8-10-12-14-16-18-20-22-24-26-28-30-32-34-43(47)52-40-42(41-53-45(49)46-36-37-51-39-38-50-3)54-44(48)35-33-31-29-27-25-23-21-19-17-15-13-11-9-7-5-2/h18-21,42H,4-17,22-41H2,1-3H3,(H,46,49)/b20-18-,21-19-. The Morgan fingerprint density at radius 2 is 0.926 bits per heavy atom. The van der Waals surface area contributed by atoms with Crippen molar-refractivity contribution in [3.8, 4) is 0 Å². The first-order valence-electron chi connectivity index (χ1n) is 22.2. The van der Waals surface area contributed by atoms with Crippen LogP contribution in [0.15, 0.2) is 24.3 Å². The van der Waals surface area contributed by atoms with Crippen LogP contribution in [0.25, 0.3) is 0 Å². The third-order valence-electron chi connectivity index (χ3n) is 9.36. The third-order valence-corrected chi connectivity index (χ3v) is 9.36. The van der Waals surface area contributed by atoms with Gasteiger partial charge < -0.3 is 29.0 Å². The fourth-order valence-electron chi connectivity index (χ4n) is 5.99. The molecule has 54 heavy (non-hydrogen) atoms. The van der Waals surface area contributed by atoms with Gasteiger partial charge in [0, 0.05) is 26.5 Å². The molecule has 0 aliphatic heterocycles. The fourth-order valence-corrected chi connectivity index (χ4v) is 5.99. The Bertz CT molecular complexity index is 893. The van der Waals surface area contributed by atoms with Crippen molar-refractivity contribution in [2.45, 2.75) is 200 Å². The molecular weight excluding hydrogens is 682 g/mol. The predicted octanol–water partition coefficient (Wildman–Crippen LogP) is 11.9. The van der Waals surface area contributed by atoms with Crippen molar-refractivity contribution in [3.05, 3.63) is 24.3 Å². The monoisotopic (exact) mass is 766 g/mol. The summed E-state index contributed by atoms with van der Waals surface area (Å²) in [5, 5.41) is 2.61. The molecule has 9 heteroatoms. The van der Waals surface area contributed by atoms with E-state index in [1.165, 1.54) is 103 Å². The summed E-state index contributed by atoms with van der Waals surface area (Å²) in [6, 6.07) is 0. The molecule has 0 saturated carbocycles. The molecule has 1 N–H and O–H groups in total. The van der Waals surface area contributed by atoms with E-state index in [-0.39, 0.29) is 38.1 Å². The van der Waals surface area contributed by atoms with Crippen LogP contribution < -0.4 is 5.32 Å². The molecular formula is C45H83NO8. The van der Waals surface area contributed by atoms with Crippen LogP contribution in [0.1, 0.15) is 194 Å². The molecule has 0 fully saturated rings. The highest BCUT2D eigenvalue weighted by Crippen LogP contribution is 2.13. The number of rotatable bonds is 41. The van der Waals surface area contributed by atoms with Crippen molar-refractivity contribution in [1.29, 1.82) is 0 Å². The van der Waals surface area contributed by atoms with Gasteiger partial charge in [0.15, 0.2) is 6.10 Å². The van der Waals surface area contributed by atoms with E-state index >= 15 is 0 Å². The van der Waals surface area contributed by atoms with E-state index < -0.39 is 12.2 Å². The maximum absolute atomic E-state index is 12.6. The molecule has 316 valence electrons. The largest absolute Gasteiger partial charge is 0.462 e. The van der Waals surface area contributed by atoms with Gasteiger partial charge in [-0.15, -0.1) is 0 Å². The van der Waals surface area contributed by atoms with E-state index in [0.29, 0.717) is 26.2 Å². The predicted molar refractivity (Wildman–Crippen MR) is 222 cm³/mol. The molecule has 0 heterocycles. The van der Waals surface area contributed by atoms with Crippen molar-refractivity contribution < 1.29 is 38.1 Å². The Balaban J connectivity index is 4.27. The van der Waals surface area contributed by atoms with Crippen LogP contribution in [0.5, 0.6) is 0 Å². The lowest BCUT2D eigenvalue weighted by atomic mass is 10.1. The van der Waals surface area contributed by atoms with Gasteiger partial charge in [-0.25, -0.2) is 4.79 Å². The van der Waals surface area contributed by atoms with E-state index in [4.69, 9.17) is 23.7 Å². The number of nitrogens with one attached hydrogen (secondary N) is 1. The lowest BCUT2D eigenvalue weighted by Crippen LogP contribution is -2.34. The van der Waals surface area contributed by atoms with Gasteiger partial charge in [-0.1, -0.05) is 141 Å². The average Bonchev–Trinajstić information content (AvgIpc) is 3.17. The van der Waals surface area contributed by atoms with Crippen LogP contribution in [-0.4, -0.2) is 70.8 Å². The van der Waals surface area contributed by atoms with Gasteiger partial charge in [0.2, 0.25) is 0 Å². The first kappa shape index (κ1) is 51.6. The van der Waals surface area contributed by atoms with Crippen LogP contribution >= 0.6 is 0 Å². The Labute approximate surface area is 331 Å². The van der Waals surface area contributed by atoms with Gasteiger partial charge >= 0.3 is 18.0 Å². The number of hydrogen-bond acceptors (Lipinski definition) is 8. The van der Waals surface area contributed by atoms with Crippen LogP contribution in [0, 0.1) is 0 Å². The highest BCUT2D eigenvalue weighted by atomic mass is 16.6. The number of carbonyl (C=O) groups is 3. The highest BCUT2D eigenvalue weighted by molar-refractivity contribution is 5.70. The number of unbranched alkanes of at least 4 members (excludes halogenated alkanes) is 22. The van der Waals surface area contributed by atoms with Crippen molar-refractivity contribution in [2.75, 3.05) is 46.7 Å². The molecule has 0 aromatic heterocycles. The Kier molecular flexibility index (Phi) is 41.4. The average molecular weight is 766 g/mol. The minimum absolute atomic E-state index is 0.143. The van der Waals surface area contributed by atoms with Crippen molar-refractivity contribution in [2.24, 2.45) is 0 Å². The summed E-state index contributed by atoms with van der Waals surface area (Å²) in [5.74, 6) is -0.704. The van der Waals surface area contributed by atoms with Crippen molar-refractivity contribution in [1.82, 2.24) is 5.32 Å². The summed E-state index contributed by atoms with van der Waals surface area (Å²) in [4.78, 5) is 37.3. The van der Waals surface area contributed by atoms with E-state index in [9.17, 15) is 14.4 Å². The van der Waals surface area contributed by atoms with Gasteiger partial charge in [-0.2, -0.15) is 0 Å². The molecule has 9 nitrogen and oxygen atoms in total. The van der Waals surface area contributed by atoms with Gasteiger partial charge in [-0.05, 0) is 64.2 Å². The summed E-state index contributed by atoms with van der Waals surface area (Å²) in [5.41, 5.74) is 0. The number of allylic oxidation sites excluding steroid dienone is 4. The second-order valence-electron chi connectivity index (χ2n) is 14.6. The number of ether oxygens (including phenoxy) is 5. The molecule has 0 bridgehead atoms. The van der Waals surface area contributed by atoms with Gasteiger partial charge in [0.05, 0.1) is 19.8 Å². The first-order chi connectivity index (χ1) is 26.5. The zero-order chi connectivity index (χ0) is 39.4. The molecule has 0 aromatic carbocycles. The molecule has 0 aliphatic carbocycles. The molecule has 0 radical (unpaired) electrons. The number of hydrogen-bond donors (Lipinski definition) is 1. The lowest BCUT2D eigenvalue weighted by Gasteiger charge is -2.18. The first-order valence-corrected chi connectivity index (χ1v) is 22.2. The summed E-state index contributed by atoms with van der Waals surface area (Å²) < 4.78 is 26.6. The second-order valence-corrected chi connectivity index (χ2v) is 14.6. The van der Waals surface area contributed by atoms with Crippen LogP contribution in [-0.2, 0) is 33.3 Å². The number of carbonyl (C=O) groups excluding carboxylic acids is 3. The third kappa shape index (κ3) is 40.8. The Morgan fingerprint density at radius 3 is 1.41 bits per heavy atom. The molecule has 1 unspecified atom stereocenters. The topological polar surface area (TPSA) is 109 Å². The summed E-state index contributed by atoms with van der Waals surface area (Å²) >= 11 is 0. The zero-order valence-electron chi connectivity index (χ0n) is 35.2. The number of alkyl carbamates (subject to hydrolysis) is 1. The van der Waals surface area contributed by atoms with E-state index in [2.05, 4.69) is 43.5 Å². The molecule has 0 spiro atoms. The molecule has 0 saturated heterocycles. The summed E-state index contributed by atoms with van der Waals surface area (Å²) in [6.07, 6.45) is 39.3. The SMILES string of the molecule is CCCCCCCC/C=C\CCCCCCCC(=O)OCC(COC(=O)NCCOCCOC)OC(=O)CCCCCCC/C=C\CCCCCCCC. The second kappa shape index (κ2) is 43.3. The highest BCUT2D eigenvalue weighted by Gasteiger charge is 2.19. The quantitative estimate of drug-likeness (QED) is 0.0283. The van der Waals surface area contributed by atoms with E-state index in [1.54, 1.807) is 7.11 Å². The normalized spacial score (nSPS) is 12.1. The van der Waals surface area contributed by atoms with Gasteiger partial charge in [0.1, 0.15) is 13.2 Å². The van der Waals surface area contributed by atoms with Crippen molar-refractivity contribution >= 4 is 18.0 Å². The van der Waals surface area contributed by atoms with Gasteiger partial charge in [-0.3, -0.25) is 9.59 Å². The van der Waals surface area contributed by atoms with Crippen LogP contribution in [0.4, 0.5) is 4.79 Å². The minimum Gasteiger partial charge on any atom is -0.462 e. The molecule has 0 aromatic rings. The van der Waals surface area contributed by atoms with E-state index in [0.717, 1.165) is 64.2 Å². The lowest BCUT2D eigenvalue weighted by molar-refractivity contribution is -0.161. The molecule has 1 atom stereocenters. The number of amides is 1. The maximum Gasteiger partial charge on any atom is 0.407 e. The van der Waals surface area contributed by atoms with Crippen LogP contribution in [0.2, 0.25) is 0 Å². The number of methoxy groups -OCH3 is 1. The van der Waals surface area contributed by atoms with E-state index in [1.807, 2.05) is 0 Å². The smallest absolute Gasteiger partial charge is 0.407 e. The van der Waals surface area contributed by atoms with Crippen molar-refractivity contribution in [3.63, 3.8) is 0 Å². The molecule has 1 amide bonds. The zero-order valence-corrected chi connectivity index (χ0v) is 35.2. The Morgan fingerprint density at radius 1 is 0.500 bits per heavy atom. The Hall–Kier alpha value is -2.39. The summed E-state index contributed by atoms with van der Waals surface area (Å²) in [6.45, 7) is 5.67. The summed E-state index contributed by atoms with van der Waals surface area (Å²) in [7, 11) is 1.59.